The van der Waals surface area contributed by atoms with E-state index in [1.165, 1.54) is 10.8 Å². The second-order valence-corrected chi connectivity index (χ2v) is 4.53. The molecule has 0 radical (unpaired) electrons. The van der Waals surface area contributed by atoms with Gasteiger partial charge >= 0.3 is 5.97 Å². The summed E-state index contributed by atoms with van der Waals surface area (Å²) in [5.41, 5.74) is 1.57. The predicted octanol–water partition coefficient (Wildman–Crippen LogP) is 3.76. The summed E-state index contributed by atoms with van der Waals surface area (Å²) in [4.78, 5) is 11.4. The Morgan fingerprint density at radius 2 is 1.95 bits per heavy atom. The summed E-state index contributed by atoms with van der Waals surface area (Å²) in [6.45, 7) is 6.59. The van der Waals surface area contributed by atoms with Crippen molar-refractivity contribution in [3.05, 3.63) is 54.6 Å². The zero-order valence-corrected chi connectivity index (χ0v) is 11.7. The zero-order chi connectivity index (χ0) is 14.4. The van der Waals surface area contributed by atoms with Gasteiger partial charge in [0.2, 0.25) is 0 Å². The van der Waals surface area contributed by atoms with E-state index in [4.69, 9.17) is 4.74 Å². The summed E-state index contributed by atoms with van der Waals surface area (Å²) >= 11 is 0. The van der Waals surface area contributed by atoms with Gasteiger partial charge in [0.1, 0.15) is 0 Å². The van der Waals surface area contributed by atoms with Crippen LogP contribution in [0.3, 0.4) is 0 Å². The van der Waals surface area contributed by atoms with Crippen molar-refractivity contribution in [1.82, 2.24) is 0 Å². The lowest BCUT2D eigenvalue weighted by atomic mass is 10.1. The van der Waals surface area contributed by atoms with E-state index in [1.807, 2.05) is 24.3 Å². The maximum atomic E-state index is 11.4. The number of carbonyl (C=O) groups is 1. The van der Waals surface area contributed by atoms with E-state index in [2.05, 4.69) is 30.1 Å². The second kappa shape index (κ2) is 6.75. The molecule has 0 spiro atoms. The first-order chi connectivity index (χ1) is 9.72. The van der Waals surface area contributed by atoms with Crippen molar-refractivity contribution < 1.29 is 9.53 Å². The lowest BCUT2D eigenvalue weighted by Gasteiger charge is -2.10. The van der Waals surface area contributed by atoms with Gasteiger partial charge in [0.05, 0.1) is 6.61 Å². The fourth-order valence-electron chi connectivity index (χ4n) is 2.06. The Kier molecular flexibility index (Phi) is 4.77. The molecule has 3 nitrogen and oxygen atoms in total. The van der Waals surface area contributed by atoms with Crippen LogP contribution < -0.4 is 5.32 Å². The van der Waals surface area contributed by atoms with Gasteiger partial charge in [-0.2, -0.15) is 0 Å². The Bertz CT molecular complexity index is 614. The standard InChI is InChI=1S/C17H19NO2/c1-3-20-17(19)13(2)11-12-18-16-10-6-8-14-7-4-5-9-15(14)16/h4-10,18H,2-3,11-12H2,1H3. The van der Waals surface area contributed by atoms with Crippen LogP contribution >= 0.6 is 0 Å². The van der Waals surface area contributed by atoms with Gasteiger partial charge in [-0.25, -0.2) is 4.79 Å². The van der Waals surface area contributed by atoms with Crippen LogP contribution in [0.25, 0.3) is 10.8 Å². The molecule has 0 aromatic heterocycles. The van der Waals surface area contributed by atoms with E-state index >= 15 is 0 Å². The highest BCUT2D eigenvalue weighted by Gasteiger charge is 2.07. The molecule has 1 N–H and O–H groups in total. The van der Waals surface area contributed by atoms with Gasteiger partial charge in [0, 0.05) is 23.2 Å². The lowest BCUT2D eigenvalue weighted by Crippen LogP contribution is -2.11. The van der Waals surface area contributed by atoms with Gasteiger partial charge in [-0.1, -0.05) is 43.0 Å². The highest BCUT2D eigenvalue weighted by Crippen LogP contribution is 2.22. The average molecular weight is 269 g/mol. The molecule has 104 valence electrons. The van der Waals surface area contributed by atoms with Crippen LogP contribution in [0.5, 0.6) is 0 Å². The Labute approximate surface area is 119 Å². The van der Waals surface area contributed by atoms with E-state index in [9.17, 15) is 4.79 Å². The molecule has 0 saturated heterocycles. The van der Waals surface area contributed by atoms with E-state index in [1.54, 1.807) is 6.92 Å². The van der Waals surface area contributed by atoms with Crippen LogP contribution in [0, 0.1) is 0 Å². The normalized spacial score (nSPS) is 10.2. The topological polar surface area (TPSA) is 38.3 Å². The number of hydrogen-bond donors (Lipinski definition) is 1. The second-order valence-electron chi connectivity index (χ2n) is 4.53. The SMILES string of the molecule is C=C(CCNc1cccc2ccccc12)C(=O)OCC. The largest absolute Gasteiger partial charge is 0.463 e. The van der Waals surface area contributed by atoms with E-state index in [0.717, 1.165) is 5.69 Å². The summed E-state index contributed by atoms with van der Waals surface area (Å²) in [6.07, 6.45) is 0.571. The van der Waals surface area contributed by atoms with Gasteiger partial charge in [-0.3, -0.25) is 0 Å². The molecule has 20 heavy (non-hydrogen) atoms. The Hall–Kier alpha value is -2.29. The molecular formula is C17H19NO2. The van der Waals surface area contributed by atoms with Gasteiger partial charge in [0.15, 0.2) is 0 Å². The summed E-state index contributed by atoms with van der Waals surface area (Å²) in [5, 5.41) is 5.72. The number of anilines is 1. The van der Waals surface area contributed by atoms with Crippen LogP contribution in [-0.2, 0) is 9.53 Å². The molecule has 0 saturated carbocycles. The molecule has 0 bridgehead atoms. The maximum absolute atomic E-state index is 11.4. The number of esters is 1. The molecule has 0 aliphatic heterocycles. The number of fused-ring (bicyclic) bond motifs is 1. The molecule has 0 aliphatic carbocycles. The van der Waals surface area contributed by atoms with Gasteiger partial charge < -0.3 is 10.1 Å². The molecule has 2 aromatic rings. The van der Waals surface area contributed by atoms with Crippen LogP contribution in [0.2, 0.25) is 0 Å². The molecule has 0 amide bonds. The molecule has 0 aliphatic rings. The quantitative estimate of drug-likeness (QED) is 0.641. The van der Waals surface area contributed by atoms with Crippen molar-refractivity contribution in [2.75, 3.05) is 18.5 Å². The average Bonchev–Trinajstić information content (AvgIpc) is 2.47. The van der Waals surface area contributed by atoms with Gasteiger partial charge in [-0.05, 0) is 24.8 Å². The van der Waals surface area contributed by atoms with Crippen molar-refractivity contribution in [2.24, 2.45) is 0 Å². The first kappa shape index (κ1) is 14.1. The third-order valence-corrected chi connectivity index (χ3v) is 3.10. The molecule has 3 heteroatoms. The number of carbonyl (C=O) groups excluding carboxylic acids is 1. The minimum atomic E-state index is -0.313. The molecule has 2 rings (SSSR count). The van der Waals surface area contributed by atoms with Crippen molar-refractivity contribution >= 4 is 22.4 Å². The van der Waals surface area contributed by atoms with Crippen LogP contribution in [0.15, 0.2) is 54.6 Å². The van der Waals surface area contributed by atoms with Crippen molar-refractivity contribution in [2.45, 2.75) is 13.3 Å². The molecular weight excluding hydrogens is 250 g/mol. The van der Waals surface area contributed by atoms with Crippen molar-refractivity contribution in [3.63, 3.8) is 0 Å². The highest BCUT2D eigenvalue weighted by molar-refractivity contribution is 5.93. The zero-order valence-electron chi connectivity index (χ0n) is 11.7. The Morgan fingerprint density at radius 1 is 1.20 bits per heavy atom. The van der Waals surface area contributed by atoms with E-state index in [0.29, 0.717) is 25.1 Å². The van der Waals surface area contributed by atoms with Crippen molar-refractivity contribution in [3.8, 4) is 0 Å². The van der Waals surface area contributed by atoms with Crippen LogP contribution in [-0.4, -0.2) is 19.1 Å². The molecule has 0 atom stereocenters. The number of benzene rings is 2. The number of ether oxygens (including phenoxy) is 1. The predicted molar refractivity (Wildman–Crippen MR) is 82.8 cm³/mol. The minimum Gasteiger partial charge on any atom is -0.463 e. The summed E-state index contributed by atoms with van der Waals surface area (Å²) in [6, 6.07) is 14.3. The van der Waals surface area contributed by atoms with E-state index < -0.39 is 0 Å². The summed E-state index contributed by atoms with van der Waals surface area (Å²) < 4.78 is 4.91. The molecule has 0 unspecified atom stereocenters. The fourth-order valence-corrected chi connectivity index (χ4v) is 2.06. The van der Waals surface area contributed by atoms with Crippen LogP contribution in [0.1, 0.15) is 13.3 Å². The number of rotatable bonds is 6. The first-order valence-electron chi connectivity index (χ1n) is 6.79. The molecule has 0 heterocycles. The third kappa shape index (κ3) is 3.38. The molecule has 0 fully saturated rings. The van der Waals surface area contributed by atoms with Gasteiger partial charge in [-0.15, -0.1) is 0 Å². The number of nitrogens with one attached hydrogen (secondary N) is 1. The third-order valence-electron chi connectivity index (χ3n) is 3.10. The van der Waals surface area contributed by atoms with Gasteiger partial charge in [0.25, 0.3) is 0 Å². The first-order valence-corrected chi connectivity index (χ1v) is 6.79. The highest BCUT2D eigenvalue weighted by atomic mass is 16.5. The van der Waals surface area contributed by atoms with Crippen molar-refractivity contribution in [1.29, 1.82) is 0 Å². The lowest BCUT2D eigenvalue weighted by molar-refractivity contribution is -0.138. The Balaban J connectivity index is 1.96. The summed E-state index contributed by atoms with van der Waals surface area (Å²) in [5.74, 6) is -0.313. The van der Waals surface area contributed by atoms with E-state index in [-0.39, 0.29) is 5.97 Å². The monoisotopic (exact) mass is 269 g/mol. The maximum Gasteiger partial charge on any atom is 0.333 e. The minimum absolute atomic E-state index is 0.313. The van der Waals surface area contributed by atoms with Crippen LogP contribution in [0.4, 0.5) is 5.69 Å². The molecule has 2 aromatic carbocycles. The smallest absolute Gasteiger partial charge is 0.333 e. The Morgan fingerprint density at radius 3 is 2.75 bits per heavy atom. The fraction of sp³-hybridized carbons (Fsp3) is 0.235. The summed E-state index contributed by atoms with van der Waals surface area (Å²) in [7, 11) is 0. The number of hydrogen-bond acceptors (Lipinski definition) is 3.